The van der Waals surface area contributed by atoms with Gasteiger partial charge in [0.05, 0.1) is 13.2 Å². The van der Waals surface area contributed by atoms with Crippen LogP contribution in [0.15, 0.2) is 60.3 Å². The lowest BCUT2D eigenvalue weighted by molar-refractivity contribution is -0.137. The summed E-state index contributed by atoms with van der Waals surface area (Å²) in [5, 5.41) is 11.9. The number of aliphatic hydroxyl groups is 1. The first-order valence-electron chi connectivity index (χ1n) is 8.78. The van der Waals surface area contributed by atoms with Crippen LogP contribution >= 0.6 is 0 Å². The summed E-state index contributed by atoms with van der Waals surface area (Å²) in [5.74, 6) is -0.944. The molecule has 2 N–H and O–H groups in total. The van der Waals surface area contributed by atoms with Gasteiger partial charge in [-0.3, -0.25) is 19.3 Å². The van der Waals surface area contributed by atoms with E-state index in [2.05, 4.69) is 5.32 Å². The number of hydrogen-bond donors (Lipinski definition) is 2. The minimum absolute atomic E-state index is 0.0232. The lowest BCUT2D eigenvalue weighted by Crippen LogP contribution is -2.34. The summed E-state index contributed by atoms with van der Waals surface area (Å²) in [7, 11) is 3.42. The number of imide groups is 1. The van der Waals surface area contributed by atoms with Crippen LogP contribution in [-0.2, 0) is 9.59 Å². The van der Waals surface area contributed by atoms with Crippen LogP contribution < -0.4 is 5.32 Å². The fourth-order valence-corrected chi connectivity index (χ4v) is 2.87. The Hall–Kier alpha value is -3.45. The Morgan fingerprint density at radius 3 is 2.11 bits per heavy atom. The molecule has 0 radical (unpaired) electrons. The first-order valence-corrected chi connectivity index (χ1v) is 8.78. The van der Waals surface area contributed by atoms with Crippen molar-refractivity contribution in [3.8, 4) is 11.1 Å². The fraction of sp³-hybridized carbons (Fsp3) is 0.190. The Labute approximate surface area is 162 Å². The molecule has 0 spiro atoms. The Balaban J connectivity index is 1.71. The third-order valence-electron chi connectivity index (χ3n) is 4.37. The van der Waals surface area contributed by atoms with E-state index in [0.717, 1.165) is 16.0 Å². The predicted molar refractivity (Wildman–Crippen MR) is 105 cm³/mol. The summed E-state index contributed by atoms with van der Waals surface area (Å²) in [4.78, 5) is 38.4. The minimum Gasteiger partial charge on any atom is -0.395 e. The van der Waals surface area contributed by atoms with Crippen molar-refractivity contribution in [2.45, 2.75) is 0 Å². The molecule has 7 heteroatoms. The van der Waals surface area contributed by atoms with E-state index in [4.69, 9.17) is 5.11 Å². The monoisotopic (exact) mass is 379 g/mol. The van der Waals surface area contributed by atoms with Gasteiger partial charge in [0.1, 0.15) is 5.70 Å². The van der Waals surface area contributed by atoms with Crippen molar-refractivity contribution in [3.63, 3.8) is 0 Å². The molecule has 3 amide bonds. The first-order chi connectivity index (χ1) is 13.4. The molecule has 0 atom stereocenters. The lowest BCUT2D eigenvalue weighted by Gasteiger charge is -2.13. The zero-order valence-electron chi connectivity index (χ0n) is 15.7. The van der Waals surface area contributed by atoms with Crippen molar-refractivity contribution in [2.24, 2.45) is 0 Å². The summed E-state index contributed by atoms with van der Waals surface area (Å²) >= 11 is 0. The van der Waals surface area contributed by atoms with E-state index in [-0.39, 0.29) is 24.8 Å². The Morgan fingerprint density at radius 1 is 1.00 bits per heavy atom. The van der Waals surface area contributed by atoms with Gasteiger partial charge in [0, 0.05) is 31.4 Å². The summed E-state index contributed by atoms with van der Waals surface area (Å²) in [6.07, 6.45) is 1.23. The molecule has 1 aliphatic rings. The maximum atomic E-state index is 12.2. The molecule has 2 aromatic carbocycles. The highest BCUT2D eigenvalue weighted by atomic mass is 16.3. The number of amides is 3. The van der Waals surface area contributed by atoms with E-state index >= 15 is 0 Å². The van der Waals surface area contributed by atoms with E-state index in [9.17, 15) is 14.4 Å². The average Bonchev–Trinajstić information content (AvgIpc) is 2.96. The van der Waals surface area contributed by atoms with Gasteiger partial charge < -0.3 is 15.3 Å². The SMILES string of the molecule is CN(C)C(=O)c1ccc(-c2ccc(NC3=CC(=O)N(CCO)C3=O)cc2)cc1. The predicted octanol–water partition coefficient (Wildman–Crippen LogP) is 1.71. The maximum Gasteiger partial charge on any atom is 0.277 e. The molecule has 1 aliphatic heterocycles. The van der Waals surface area contributed by atoms with Gasteiger partial charge in [-0.05, 0) is 35.4 Å². The van der Waals surface area contributed by atoms with Crippen LogP contribution in [0.2, 0.25) is 0 Å². The van der Waals surface area contributed by atoms with Gasteiger partial charge >= 0.3 is 0 Å². The van der Waals surface area contributed by atoms with Gasteiger partial charge in [-0.2, -0.15) is 0 Å². The maximum absolute atomic E-state index is 12.2. The molecule has 28 heavy (non-hydrogen) atoms. The van der Waals surface area contributed by atoms with Crippen LogP contribution in [0.4, 0.5) is 5.69 Å². The van der Waals surface area contributed by atoms with E-state index in [1.165, 1.54) is 11.0 Å². The molecule has 0 saturated carbocycles. The molecule has 1 heterocycles. The molecule has 7 nitrogen and oxygen atoms in total. The van der Waals surface area contributed by atoms with Crippen molar-refractivity contribution < 1.29 is 19.5 Å². The zero-order valence-corrected chi connectivity index (χ0v) is 15.7. The molecule has 144 valence electrons. The minimum atomic E-state index is -0.454. The Kier molecular flexibility index (Phi) is 5.56. The molecule has 0 fully saturated rings. The van der Waals surface area contributed by atoms with Crippen molar-refractivity contribution in [3.05, 3.63) is 65.9 Å². The zero-order chi connectivity index (χ0) is 20.3. The fourth-order valence-electron chi connectivity index (χ4n) is 2.87. The molecular formula is C21H21N3O4. The largest absolute Gasteiger partial charge is 0.395 e. The third-order valence-corrected chi connectivity index (χ3v) is 4.37. The van der Waals surface area contributed by atoms with Gasteiger partial charge in [0.15, 0.2) is 0 Å². The number of nitrogens with one attached hydrogen (secondary N) is 1. The first kappa shape index (κ1) is 19.3. The highest BCUT2D eigenvalue weighted by Gasteiger charge is 2.30. The molecule has 0 bridgehead atoms. The number of rotatable bonds is 6. The van der Waals surface area contributed by atoms with Crippen molar-refractivity contribution in [1.29, 1.82) is 0 Å². The normalized spacial score (nSPS) is 13.5. The quantitative estimate of drug-likeness (QED) is 0.746. The number of carbonyl (C=O) groups excluding carboxylic acids is 3. The van der Waals surface area contributed by atoms with E-state index in [1.807, 2.05) is 36.4 Å². The number of anilines is 1. The molecule has 0 aliphatic carbocycles. The number of aliphatic hydroxyl groups excluding tert-OH is 1. The van der Waals surface area contributed by atoms with Crippen LogP contribution in [-0.4, -0.2) is 59.9 Å². The highest BCUT2D eigenvalue weighted by Crippen LogP contribution is 2.24. The van der Waals surface area contributed by atoms with Gasteiger partial charge in [-0.15, -0.1) is 0 Å². The molecule has 2 aromatic rings. The van der Waals surface area contributed by atoms with Gasteiger partial charge in [0.25, 0.3) is 17.7 Å². The second-order valence-corrected chi connectivity index (χ2v) is 6.56. The number of benzene rings is 2. The highest BCUT2D eigenvalue weighted by molar-refractivity contribution is 6.17. The molecular weight excluding hydrogens is 358 g/mol. The van der Waals surface area contributed by atoms with Crippen molar-refractivity contribution >= 4 is 23.4 Å². The Morgan fingerprint density at radius 2 is 1.57 bits per heavy atom. The number of carbonyl (C=O) groups is 3. The molecule has 0 unspecified atom stereocenters. The van der Waals surface area contributed by atoms with Crippen LogP contribution in [0.5, 0.6) is 0 Å². The van der Waals surface area contributed by atoms with Gasteiger partial charge in [0.2, 0.25) is 0 Å². The van der Waals surface area contributed by atoms with Crippen molar-refractivity contribution in [1.82, 2.24) is 9.80 Å². The summed E-state index contributed by atoms with van der Waals surface area (Å²) < 4.78 is 0. The van der Waals surface area contributed by atoms with Crippen molar-refractivity contribution in [2.75, 3.05) is 32.6 Å². The topological polar surface area (TPSA) is 90.0 Å². The number of β-amino-alcohol motifs (C(OH)–C–C–N with tert-alkyl or cyclic N) is 1. The second-order valence-electron chi connectivity index (χ2n) is 6.56. The third kappa shape index (κ3) is 3.94. The number of hydrogen-bond acceptors (Lipinski definition) is 5. The second kappa shape index (κ2) is 8.06. The van der Waals surface area contributed by atoms with Crippen LogP contribution in [0.1, 0.15) is 10.4 Å². The van der Waals surface area contributed by atoms with Crippen LogP contribution in [0.3, 0.4) is 0 Å². The Bertz CT molecular complexity index is 931. The number of nitrogens with zero attached hydrogens (tertiary/aromatic N) is 2. The summed E-state index contributed by atoms with van der Waals surface area (Å²) in [6, 6.07) is 14.7. The van der Waals surface area contributed by atoms with Crippen LogP contribution in [0, 0.1) is 0 Å². The van der Waals surface area contributed by atoms with E-state index < -0.39 is 11.8 Å². The average molecular weight is 379 g/mol. The summed E-state index contributed by atoms with van der Waals surface area (Å²) in [6.45, 7) is -0.295. The lowest BCUT2D eigenvalue weighted by atomic mass is 10.0. The van der Waals surface area contributed by atoms with Crippen LogP contribution in [0.25, 0.3) is 11.1 Å². The van der Waals surface area contributed by atoms with Gasteiger partial charge in [-0.1, -0.05) is 24.3 Å². The molecule has 3 rings (SSSR count). The van der Waals surface area contributed by atoms with Gasteiger partial charge in [-0.25, -0.2) is 0 Å². The molecule has 0 aromatic heterocycles. The van der Waals surface area contributed by atoms with E-state index in [1.54, 1.807) is 26.2 Å². The summed E-state index contributed by atoms with van der Waals surface area (Å²) in [5.41, 5.74) is 3.39. The molecule has 0 saturated heterocycles. The van der Waals surface area contributed by atoms with E-state index in [0.29, 0.717) is 11.3 Å². The standard InChI is InChI=1S/C21H21N3O4/c1-23(2)20(27)16-5-3-14(4-6-16)15-7-9-17(10-8-15)22-18-13-19(26)24(11-12-25)21(18)28/h3-10,13,22,25H,11-12H2,1-2H3. The smallest absolute Gasteiger partial charge is 0.277 e.